The van der Waals surface area contributed by atoms with Crippen LogP contribution in [0.25, 0.3) is 0 Å². The summed E-state index contributed by atoms with van der Waals surface area (Å²) in [7, 11) is 0. The Labute approximate surface area is 111 Å². The molecule has 0 unspecified atom stereocenters. The van der Waals surface area contributed by atoms with Crippen LogP contribution in [0.2, 0.25) is 0 Å². The number of hydrogen-bond donors (Lipinski definition) is 2. The van der Waals surface area contributed by atoms with Gasteiger partial charge in [-0.2, -0.15) is 0 Å². The summed E-state index contributed by atoms with van der Waals surface area (Å²) in [6.07, 6.45) is 0. The van der Waals surface area contributed by atoms with Crippen LogP contribution in [0.4, 0.5) is 15.8 Å². The molecule has 0 spiro atoms. The molecule has 2 aromatic rings. The van der Waals surface area contributed by atoms with Crippen molar-refractivity contribution in [1.29, 1.82) is 0 Å². The van der Waals surface area contributed by atoms with Gasteiger partial charge in [0.1, 0.15) is 5.82 Å². The Hall–Kier alpha value is -2.36. The lowest BCUT2D eigenvalue weighted by Crippen LogP contribution is -2.14. The first-order valence-corrected chi connectivity index (χ1v) is 5.91. The highest BCUT2D eigenvalue weighted by Crippen LogP contribution is 2.23. The predicted octanol–water partition coefficient (Wildman–Crippen LogP) is 3.28. The van der Waals surface area contributed by atoms with Crippen LogP contribution < -0.4 is 11.1 Å². The maximum Gasteiger partial charge on any atom is 0.258 e. The fourth-order valence-corrected chi connectivity index (χ4v) is 1.84. The number of carbonyl (C=O) groups is 1. The smallest absolute Gasteiger partial charge is 0.258 e. The van der Waals surface area contributed by atoms with E-state index in [1.165, 1.54) is 12.1 Å². The topological polar surface area (TPSA) is 55.1 Å². The fourth-order valence-electron chi connectivity index (χ4n) is 1.84. The van der Waals surface area contributed by atoms with Gasteiger partial charge in [0.05, 0.1) is 5.56 Å². The number of rotatable bonds is 2. The minimum Gasteiger partial charge on any atom is -0.398 e. The summed E-state index contributed by atoms with van der Waals surface area (Å²) in [5, 5.41) is 2.68. The number of nitrogens with two attached hydrogens (primary N) is 1. The van der Waals surface area contributed by atoms with Crippen LogP contribution in [0.5, 0.6) is 0 Å². The Bertz CT molecular complexity index is 638. The Morgan fingerprint density at radius 1 is 1.16 bits per heavy atom. The molecule has 3 nitrogen and oxygen atoms in total. The maximum atomic E-state index is 13.5. The van der Waals surface area contributed by atoms with E-state index in [1.54, 1.807) is 18.2 Å². The van der Waals surface area contributed by atoms with Crippen LogP contribution >= 0.6 is 0 Å². The second-order valence-corrected chi connectivity index (χ2v) is 4.46. The van der Waals surface area contributed by atoms with Gasteiger partial charge in [-0.25, -0.2) is 4.39 Å². The van der Waals surface area contributed by atoms with Crippen LogP contribution in [-0.4, -0.2) is 5.91 Å². The van der Waals surface area contributed by atoms with Gasteiger partial charge in [-0.1, -0.05) is 18.2 Å². The molecule has 3 N–H and O–H groups in total. The molecule has 0 heterocycles. The molecule has 0 aliphatic carbocycles. The number of aryl methyl sites for hydroxylation is 2. The summed E-state index contributed by atoms with van der Waals surface area (Å²) in [5.74, 6) is -1.03. The molecule has 0 fully saturated rings. The molecule has 2 rings (SSSR count). The highest BCUT2D eigenvalue weighted by Gasteiger charge is 2.12. The third-order valence-electron chi connectivity index (χ3n) is 2.98. The Balaban J connectivity index is 2.30. The summed E-state index contributed by atoms with van der Waals surface area (Å²) in [6.45, 7) is 3.76. The van der Waals surface area contributed by atoms with Crippen LogP contribution in [0, 0.1) is 19.7 Å². The van der Waals surface area contributed by atoms with E-state index in [1.807, 2.05) is 19.9 Å². The molecule has 1 amide bonds. The second kappa shape index (κ2) is 5.10. The van der Waals surface area contributed by atoms with Gasteiger partial charge in [0, 0.05) is 11.4 Å². The molecule has 98 valence electrons. The van der Waals surface area contributed by atoms with E-state index in [-0.39, 0.29) is 5.56 Å². The number of halogens is 1. The van der Waals surface area contributed by atoms with E-state index in [2.05, 4.69) is 5.32 Å². The molecule has 0 aliphatic heterocycles. The maximum absolute atomic E-state index is 13.5. The summed E-state index contributed by atoms with van der Waals surface area (Å²) in [4.78, 5) is 12.0. The third-order valence-corrected chi connectivity index (χ3v) is 2.98. The van der Waals surface area contributed by atoms with Crippen molar-refractivity contribution < 1.29 is 9.18 Å². The van der Waals surface area contributed by atoms with Gasteiger partial charge in [0.25, 0.3) is 5.91 Å². The molecule has 0 atom stereocenters. The molecule has 19 heavy (non-hydrogen) atoms. The minimum absolute atomic E-state index is 0.0149. The van der Waals surface area contributed by atoms with Gasteiger partial charge in [-0.05, 0) is 43.2 Å². The average Bonchev–Trinajstić information content (AvgIpc) is 2.36. The number of carbonyl (C=O) groups excluding carboxylic acids is 1. The number of nitrogens with one attached hydrogen (secondary N) is 1. The number of anilines is 2. The minimum atomic E-state index is -0.544. The van der Waals surface area contributed by atoms with E-state index >= 15 is 0 Å². The molecule has 2 aromatic carbocycles. The number of amides is 1. The Morgan fingerprint density at radius 3 is 2.53 bits per heavy atom. The highest BCUT2D eigenvalue weighted by molar-refractivity contribution is 6.05. The van der Waals surface area contributed by atoms with Crippen molar-refractivity contribution in [3.05, 3.63) is 58.9 Å². The summed E-state index contributed by atoms with van der Waals surface area (Å²) in [5.41, 5.74) is 8.84. The van der Waals surface area contributed by atoms with E-state index in [9.17, 15) is 9.18 Å². The Kier molecular flexibility index (Phi) is 3.51. The van der Waals surface area contributed by atoms with Crippen LogP contribution in [-0.2, 0) is 0 Å². The molecule has 0 bridgehead atoms. The number of nitrogen functional groups attached to an aromatic ring is 1. The third kappa shape index (κ3) is 2.73. The lowest BCUT2D eigenvalue weighted by atomic mass is 10.1. The average molecular weight is 258 g/mol. The molecule has 0 radical (unpaired) electrons. The van der Waals surface area contributed by atoms with Gasteiger partial charge in [-0.15, -0.1) is 0 Å². The van der Waals surface area contributed by atoms with Crippen molar-refractivity contribution in [2.75, 3.05) is 11.1 Å². The SMILES string of the molecule is Cc1cc(C)c(NC(=O)c2ccccc2F)cc1N. The summed E-state index contributed by atoms with van der Waals surface area (Å²) in [6, 6.07) is 9.42. The molecule has 0 saturated heterocycles. The highest BCUT2D eigenvalue weighted by atomic mass is 19.1. The monoisotopic (exact) mass is 258 g/mol. The molecular weight excluding hydrogens is 243 g/mol. The van der Waals surface area contributed by atoms with E-state index in [0.717, 1.165) is 11.1 Å². The van der Waals surface area contributed by atoms with Crippen LogP contribution in [0.3, 0.4) is 0 Å². The predicted molar refractivity (Wildman–Crippen MR) is 74.7 cm³/mol. The zero-order valence-electron chi connectivity index (χ0n) is 10.8. The van der Waals surface area contributed by atoms with Crippen molar-refractivity contribution in [2.45, 2.75) is 13.8 Å². The van der Waals surface area contributed by atoms with Gasteiger partial charge in [-0.3, -0.25) is 4.79 Å². The van der Waals surface area contributed by atoms with Gasteiger partial charge in [0.15, 0.2) is 0 Å². The lowest BCUT2D eigenvalue weighted by molar-refractivity contribution is 0.102. The normalized spacial score (nSPS) is 10.3. The zero-order valence-corrected chi connectivity index (χ0v) is 10.8. The lowest BCUT2D eigenvalue weighted by Gasteiger charge is -2.11. The number of benzene rings is 2. The quantitative estimate of drug-likeness (QED) is 0.812. The first-order valence-electron chi connectivity index (χ1n) is 5.91. The molecule has 4 heteroatoms. The van der Waals surface area contributed by atoms with Gasteiger partial charge in [0.2, 0.25) is 0 Å². The van der Waals surface area contributed by atoms with Crippen LogP contribution in [0.1, 0.15) is 21.5 Å². The Morgan fingerprint density at radius 2 is 1.84 bits per heavy atom. The van der Waals surface area contributed by atoms with Crippen molar-refractivity contribution in [1.82, 2.24) is 0 Å². The van der Waals surface area contributed by atoms with Crippen molar-refractivity contribution in [3.8, 4) is 0 Å². The molecular formula is C15H15FN2O. The molecule has 0 aliphatic rings. The summed E-state index contributed by atoms with van der Waals surface area (Å²) >= 11 is 0. The molecule has 0 aromatic heterocycles. The van der Waals surface area contributed by atoms with Crippen molar-refractivity contribution in [2.24, 2.45) is 0 Å². The largest absolute Gasteiger partial charge is 0.398 e. The van der Waals surface area contributed by atoms with Crippen molar-refractivity contribution in [3.63, 3.8) is 0 Å². The zero-order chi connectivity index (χ0) is 14.0. The van der Waals surface area contributed by atoms with E-state index in [0.29, 0.717) is 11.4 Å². The fraction of sp³-hybridized carbons (Fsp3) is 0.133. The first kappa shape index (κ1) is 13.1. The van der Waals surface area contributed by atoms with Gasteiger partial charge < -0.3 is 11.1 Å². The second-order valence-electron chi connectivity index (χ2n) is 4.46. The summed E-state index contributed by atoms with van der Waals surface area (Å²) < 4.78 is 13.5. The van der Waals surface area contributed by atoms with Crippen LogP contribution in [0.15, 0.2) is 36.4 Å². The van der Waals surface area contributed by atoms with Crippen molar-refractivity contribution >= 4 is 17.3 Å². The number of hydrogen-bond acceptors (Lipinski definition) is 2. The molecule has 0 saturated carbocycles. The van der Waals surface area contributed by atoms with E-state index in [4.69, 9.17) is 5.73 Å². The standard InChI is InChI=1S/C15H15FN2O/c1-9-7-10(2)14(8-13(9)17)18-15(19)11-5-3-4-6-12(11)16/h3-8H,17H2,1-2H3,(H,18,19). The first-order chi connectivity index (χ1) is 8.99. The van der Waals surface area contributed by atoms with Gasteiger partial charge >= 0.3 is 0 Å². The van der Waals surface area contributed by atoms with E-state index < -0.39 is 11.7 Å².